The van der Waals surface area contributed by atoms with E-state index in [1.54, 1.807) is 0 Å². The summed E-state index contributed by atoms with van der Waals surface area (Å²) in [6.45, 7) is 14.0. The Labute approximate surface area is 259 Å². The van der Waals surface area contributed by atoms with Crippen molar-refractivity contribution in [1.82, 2.24) is 0 Å². The van der Waals surface area contributed by atoms with E-state index in [2.05, 4.69) is 41.5 Å². The van der Waals surface area contributed by atoms with Crippen molar-refractivity contribution in [2.24, 2.45) is 23.7 Å². The van der Waals surface area contributed by atoms with Crippen LogP contribution in [-0.2, 0) is 18.8 Å². The minimum absolute atomic E-state index is 0.274. The van der Waals surface area contributed by atoms with Gasteiger partial charge in [-0.05, 0) is 49.4 Å². The highest BCUT2D eigenvalue weighted by Gasteiger charge is 2.23. The van der Waals surface area contributed by atoms with Crippen molar-refractivity contribution in [2.45, 2.75) is 196 Å². The minimum atomic E-state index is -3.98. The molecule has 0 fully saturated rings. The lowest BCUT2D eigenvalue weighted by molar-refractivity contribution is 0.142. The van der Waals surface area contributed by atoms with E-state index in [0.29, 0.717) is 23.7 Å². The van der Waals surface area contributed by atoms with Gasteiger partial charge >= 0.3 is 10.4 Å². The van der Waals surface area contributed by atoms with Crippen molar-refractivity contribution in [3.63, 3.8) is 0 Å². The zero-order chi connectivity index (χ0) is 30.6. The molecule has 5 heteroatoms. The Morgan fingerprint density at radius 1 is 0.390 bits per heavy atom. The first kappa shape index (κ1) is 40.9. The van der Waals surface area contributed by atoms with Gasteiger partial charge in [-0.2, -0.15) is 8.42 Å². The van der Waals surface area contributed by atoms with Crippen LogP contribution in [0.1, 0.15) is 196 Å². The largest absolute Gasteiger partial charge is 0.399 e. The number of hydrogen-bond donors (Lipinski definition) is 0. The van der Waals surface area contributed by atoms with Crippen LogP contribution in [0.3, 0.4) is 0 Å². The summed E-state index contributed by atoms with van der Waals surface area (Å²) in [5, 5.41) is 0. The average molecular weight is 603 g/mol. The highest BCUT2D eigenvalue weighted by atomic mass is 32.3. The summed E-state index contributed by atoms with van der Waals surface area (Å²) in [5.74, 6) is 1.94. The van der Waals surface area contributed by atoms with Gasteiger partial charge in [0.1, 0.15) is 0 Å². The Balaban J connectivity index is 5.11. The highest BCUT2D eigenvalue weighted by molar-refractivity contribution is 7.81. The van der Waals surface area contributed by atoms with Crippen LogP contribution in [-0.4, -0.2) is 21.6 Å². The van der Waals surface area contributed by atoms with E-state index in [4.69, 9.17) is 8.37 Å². The molecule has 0 radical (unpaired) electrons. The predicted molar refractivity (Wildman–Crippen MR) is 180 cm³/mol. The molecule has 0 N–H and O–H groups in total. The maximum absolute atomic E-state index is 12.9. The van der Waals surface area contributed by atoms with E-state index in [1.807, 2.05) is 0 Å². The van der Waals surface area contributed by atoms with Crippen molar-refractivity contribution in [3.8, 4) is 0 Å². The van der Waals surface area contributed by atoms with Crippen molar-refractivity contribution in [1.29, 1.82) is 0 Å². The maximum atomic E-state index is 12.9. The van der Waals surface area contributed by atoms with Gasteiger partial charge in [0.15, 0.2) is 0 Å². The maximum Gasteiger partial charge on any atom is 0.399 e. The molecule has 248 valence electrons. The molecule has 0 spiro atoms. The van der Waals surface area contributed by atoms with Crippen molar-refractivity contribution < 1.29 is 16.8 Å². The van der Waals surface area contributed by atoms with E-state index in [1.165, 1.54) is 103 Å². The molecule has 4 nitrogen and oxygen atoms in total. The van der Waals surface area contributed by atoms with E-state index < -0.39 is 10.4 Å². The van der Waals surface area contributed by atoms with Crippen LogP contribution in [0.2, 0.25) is 0 Å². The summed E-state index contributed by atoms with van der Waals surface area (Å²) in [5.41, 5.74) is 0. The molecule has 0 aromatic heterocycles. The van der Waals surface area contributed by atoms with Gasteiger partial charge in [0.2, 0.25) is 0 Å². The molecule has 0 heterocycles. The Hall–Kier alpha value is -0.130. The van der Waals surface area contributed by atoms with Crippen molar-refractivity contribution in [3.05, 3.63) is 0 Å². The monoisotopic (exact) mass is 603 g/mol. The molecule has 4 atom stereocenters. The first-order chi connectivity index (χ1) is 19.8. The molecule has 0 aliphatic rings. The molecule has 0 amide bonds. The number of hydrogen-bond acceptors (Lipinski definition) is 4. The minimum Gasteiger partial charge on any atom is -0.248 e. The molecule has 0 aromatic rings. The van der Waals surface area contributed by atoms with Crippen LogP contribution < -0.4 is 0 Å². The average Bonchev–Trinajstić information content (AvgIpc) is 2.97. The van der Waals surface area contributed by atoms with Crippen LogP contribution in [0, 0.1) is 23.7 Å². The van der Waals surface area contributed by atoms with Gasteiger partial charge in [-0.3, -0.25) is 0 Å². The van der Waals surface area contributed by atoms with Gasteiger partial charge < -0.3 is 0 Å². The Morgan fingerprint density at radius 3 is 1.00 bits per heavy atom. The lowest BCUT2D eigenvalue weighted by atomic mass is 9.85. The Morgan fingerprint density at radius 2 is 0.683 bits per heavy atom. The van der Waals surface area contributed by atoms with Crippen molar-refractivity contribution >= 4 is 10.4 Å². The van der Waals surface area contributed by atoms with Gasteiger partial charge in [-0.25, -0.2) is 8.37 Å². The molecule has 0 rings (SSSR count). The highest BCUT2D eigenvalue weighted by Crippen LogP contribution is 2.30. The zero-order valence-electron chi connectivity index (χ0n) is 28.7. The van der Waals surface area contributed by atoms with Crippen LogP contribution in [0.5, 0.6) is 0 Å². The molecule has 0 saturated carbocycles. The fourth-order valence-corrected chi connectivity index (χ4v) is 7.11. The van der Waals surface area contributed by atoms with Crippen molar-refractivity contribution in [2.75, 3.05) is 13.2 Å². The van der Waals surface area contributed by atoms with Gasteiger partial charge in [0.05, 0.1) is 13.2 Å². The first-order valence-corrected chi connectivity index (χ1v) is 19.7. The lowest BCUT2D eigenvalue weighted by Crippen LogP contribution is -2.22. The smallest absolute Gasteiger partial charge is 0.248 e. The van der Waals surface area contributed by atoms with E-state index in [-0.39, 0.29) is 13.2 Å². The molecule has 4 unspecified atom stereocenters. The topological polar surface area (TPSA) is 52.6 Å². The molecule has 0 aliphatic carbocycles. The van der Waals surface area contributed by atoms with E-state index in [9.17, 15) is 8.42 Å². The SMILES string of the molecule is CCCCCCC(CCCC)CC(CCCC)COS(=O)(=O)OCC(CCCC)CC(CCCC)CCCCCC. The van der Waals surface area contributed by atoms with Gasteiger partial charge in [-0.15, -0.1) is 0 Å². The van der Waals surface area contributed by atoms with Crippen LogP contribution in [0.25, 0.3) is 0 Å². The summed E-state index contributed by atoms with van der Waals surface area (Å²) >= 11 is 0. The molecule has 41 heavy (non-hydrogen) atoms. The van der Waals surface area contributed by atoms with Gasteiger partial charge in [-0.1, -0.05) is 170 Å². The Bertz CT molecular complexity index is 587. The summed E-state index contributed by atoms with van der Waals surface area (Å²) in [7, 11) is -3.98. The summed E-state index contributed by atoms with van der Waals surface area (Å²) < 4.78 is 37.1. The third-order valence-electron chi connectivity index (χ3n) is 9.03. The zero-order valence-corrected chi connectivity index (χ0v) is 29.6. The second-order valence-corrected chi connectivity index (χ2v) is 14.5. The molecule has 0 aromatic carbocycles. The molecule has 0 aliphatic heterocycles. The second kappa shape index (κ2) is 28.6. The Kier molecular flexibility index (Phi) is 28.5. The van der Waals surface area contributed by atoms with Gasteiger partial charge in [0, 0.05) is 0 Å². The number of unbranched alkanes of at least 4 members (excludes halogenated alkanes) is 10. The third kappa shape index (κ3) is 25.0. The van der Waals surface area contributed by atoms with Crippen LogP contribution in [0.4, 0.5) is 0 Å². The first-order valence-electron chi connectivity index (χ1n) is 18.4. The fraction of sp³-hybridized carbons (Fsp3) is 1.00. The van der Waals surface area contributed by atoms with Gasteiger partial charge in [0.25, 0.3) is 0 Å². The number of rotatable bonds is 32. The normalized spacial score (nSPS) is 15.2. The summed E-state index contributed by atoms with van der Waals surface area (Å²) in [6, 6.07) is 0. The van der Waals surface area contributed by atoms with Crippen LogP contribution in [0.15, 0.2) is 0 Å². The lowest BCUT2D eigenvalue weighted by Gasteiger charge is -2.25. The summed E-state index contributed by atoms with van der Waals surface area (Å²) in [6.07, 6.45) is 29.2. The van der Waals surface area contributed by atoms with E-state index >= 15 is 0 Å². The quantitative estimate of drug-likeness (QED) is 0.0719. The molecular formula is C36H74O4S. The fourth-order valence-electron chi connectivity index (χ4n) is 6.33. The molecular weight excluding hydrogens is 528 g/mol. The standard InChI is InChI=1S/C36H74O4S/c1-7-13-19-21-27-33(23-15-9-3)29-35(25-17-11-5)31-39-41(37,38)40-32-36(26-18-12-6)30-34(24-16-10-4)28-22-20-14-8-2/h33-36H,7-32H2,1-6H3. The summed E-state index contributed by atoms with van der Waals surface area (Å²) in [4.78, 5) is 0. The van der Waals surface area contributed by atoms with Crippen LogP contribution >= 0.6 is 0 Å². The predicted octanol–water partition coefficient (Wildman–Crippen LogP) is 12.2. The van der Waals surface area contributed by atoms with E-state index in [0.717, 1.165) is 51.4 Å². The molecule has 0 saturated heterocycles. The third-order valence-corrected chi connectivity index (χ3v) is 9.87. The molecule has 0 bridgehead atoms. The second-order valence-electron chi connectivity index (χ2n) is 13.2.